The van der Waals surface area contributed by atoms with Crippen LogP contribution in [0.1, 0.15) is 5.56 Å². The van der Waals surface area contributed by atoms with Crippen LogP contribution < -0.4 is 0 Å². The summed E-state index contributed by atoms with van der Waals surface area (Å²) in [4.78, 5) is 6.44. The van der Waals surface area contributed by atoms with Gasteiger partial charge in [0.15, 0.2) is 0 Å². The Balaban J connectivity index is 1.95. The van der Waals surface area contributed by atoms with Crippen molar-refractivity contribution in [2.45, 2.75) is 6.54 Å². The average Bonchev–Trinajstić information content (AvgIpc) is 2.19. The fourth-order valence-corrected chi connectivity index (χ4v) is 2.73. The maximum Gasteiger partial charge on any atom is 0.129 e. The van der Waals surface area contributed by atoms with Gasteiger partial charge in [-0.1, -0.05) is 11.6 Å². The van der Waals surface area contributed by atoms with E-state index in [0.29, 0.717) is 5.15 Å². The van der Waals surface area contributed by atoms with Gasteiger partial charge in [-0.15, -0.1) is 0 Å². The third-order valence-corrected chi connectivity index (χ3v) is 3.45. The maximum atomic E-state index is 5.83. The number of thioether (sulfide) groups is 1. The van der Waals surface area contributed by atoms with E-state index in [1.165, 1.54) is 30.2 Å². The Bertz CT molecular complexity index is 300. The SMILES string of the molecule is Clc1cc(CN2CCSCC2)ccn1. The zero-order chi connectivity index (χ0) is 9.80. The Hall–Kier alpha value is -0.250. The van der Waals surface area contributed by atoms with Crippen LogP contribution in [0.2, 0.25) is 5.15 Å². The zero-order valence-electron chi connectivity index (χ0n) is 7.95. The third-order valence-electron chi connectivity index (χ3n) is 2.30. The van der Waals surface area contributed by atoms with Crippen molar-refractivity contribution in [1.29, 1.82) is 0 Å². The van der Waals surface area contributed by atoms with E-state index in [1.54, 1.807) is 6.20 Å². The van der Waals surface area contributed by atoms with Gasteiger partial charge in [0.25, 0.3) is 0 Å². The van der Waals surface area contributed by atoms with Crippen LogP contribution in [0.5, 0.6) is 0 Å². The Morgan fingerprint density at radius 1 is 1.43 bits per heavy atom. The number of nitrogens with zero attached hydrogens (tertiary/aromatic N) is 2. The lowest BCUT2D eigenvalue weighted by molar-refractivity contribution is 0.294. The van der Waals surface area contributed by atoms with Gasteiger partial charge in [-0.2, -0.15) is 11.8 Å². The second-order valence-electron chi connectivity index (χ2n) is 3.38. The van der Waals surface area contributed by atoms with E-state index in [9.17, 15) is 0 Å². The number of rotatable bonds is 2. The van der Waals surface area contributed by atoms with Crippen molar-refractivity contribution in [3.05, 3.63) is 29.0 Å². The van der Waals surface area contributed by atoms with Gasteiger partial charge in [0.2, 0.25) is 0 Å². The molecule has 0 aromatic carbocycles. The molecule has 1 saturated heterocycles. The van der Waals surface area contributed by atoms with Crippen LogP contribution in [0, 0.1) is 0 Å². The zero-order valence-corrected chi connectivity index (χ0v) is 9.52. The Morgan fingerprint density at radius 2 is 2.21 bits per heavy atom. The van der Waals surface area contributed by atoms with Crippen molar-refractivity contribution in [2.75, 3.05) is 24.6 Å². The second kappa shape index (κ2) is 5.01. The number of hydrogen-bond donors (Lipinski definition) is 0. The lowest BCUT2D eigenvalue weighted by Gasteiger charge is -2.26. The van der Waals surface area contributed by atoms with Gasteiger partial charge in [-0.25, -0.2) is 4.98 Å². The van der Waals surface area contributed by atoms with Crippen LogP contribution in [0.15, 0.2) is 18.3 Å². The molecule has 2 nitrogen and oxygen atoms in total. The molecule has 0 saturated carbocycles. The molecule has 0 N–H and O–H groups in total. The summed E-state index contributed by atoms with van der Waals surface area (Å²) < 4.78 is 0. The van der Waals surface area contributed by atoms with Crippen molar-refractivity contribution >= 4 is 23.4 Å². The molecule has 1 aliphatic rings. The molecule has 76 valence electrons. The van der Waals surface area contributed by atoms with Gasteiger partial charge < -0.3 is 0 Å². The van der Waals surface area contributed by atoms with E-state index in [-0.39, 0.29) is 0 Å². The van der Waals surface area contributed by atoms with Crippen LogP contribution >= 0.6 is 23.4 Å². The van der Waals surface area contributed by atoms with Crippen molar-refractivity contribution in [1.82, 2.24) is 9.88 Å². The summed E-state index contributed by atoms with van der Waals surface area (Å²) in [6.07, 6.45) is 1.77. The lowest BCUT2D eigenvalue weighted by Crippen LogP contribution is -2.31. The van der Waals surface area contributed by atoms with Gasteiger partial charge in [0.1, 0.15) is 5.15 Å². The molecule has 0 atom stereocenters. The molecule has 0 spiro atoms. The lowest BCUT2D eigenvalue weighted by atomic mass is 10.2. The number of aromatic nitrogens is 1. The number of halogens is 1. The Morgan fingerprint density at radius 3 is 2.93 bits per heavy atom. The fraction of sp³-hybridized carbons (Fsp3) is 0.500. The molecule has 1 aromatic heterocycles. The summed E-state index contributed by atoms with van der Waals surface area (Å²) >= 11 is 7.86. The molecule has 4 heteroatoms. The average molecular weight is 229 g/mol. The predicted molar refractivity (Wildman–Crippen MR) is 61.8 cm³/mol. The molecule has 2 heterocycles. The first-order chi connectivity index (χ1) is 6.84. The van der Waals surface area contributed by atoms with Crippen molar-refractivity contribution in [2.24, 2.45) is 0 Å². The van der Waals surface area contributed by atoms with E-state index in [1.807, 2.05) is 23.9 Å². The summed E-state index contributed by atoms with van der Waals surface area (Å²) in [6, 6.07) is 3.98. The van der Waals surface area contributed by atoms with Crippen molar-refractivity contribution in [3.8, 4) is 0 Å². The highest BCUT2D eigenvalue weighted by Gasteiger charge is 2.10. The Kier molecular flexibility index (Phi) is 3.67. The van der Waals surface area contributed by atoms with E-state index >= 15 is 0 Å². The molecular weight excluding hydrogens is 216 g/mol. The summed E-state index contributed by atoms with van der Waals surface area (Å²) in [7, 11) is 0. The molecule has 1 fully saturated rings. The molecule has 0 bridgehead atoms. The van der Waals surface area contributed by atoms with E-state index < -0.39 is 0 Å². The highest BCUT2D eigenvalue weighted by molar-refractivity contribution is 7.99. The molecule has 1 aliphatic heterocycles. The highest BCUT2D eigenvalue weighted by atomic mass is 35.5. The first-order valence-corrected chi connectivity index (χ1v) is 6.28. The van der Waals surface area contributed by atoms with Crippen molar-refractivity contribution < 1.29 is 0 Å². The van der Waals surface area contributed by atoms with Gasteiger partial charge in [0, 0.05) is 37.3 Å². The molecule has 2 rings (SSSR count). The molecular formula is C10H13ClN2S. The molecule has 14 heavy (non-hydrogen) atoms. The number of pyridine rings is 1. The standard InChI is InChI=1S/C10H13ClN2S/c11-10-7-9(1-2-12-10)8-13-3-5-14-6-4-13/h1-2,7H,3-6,8H2. The largest absolute Gasteiger partial charge is 0.297 e. The minimum absolute atomic E-state index is 0.592. The smallest absolute Gasteiger partial charge is 0.129 e. The summed E-state index contributed by atoms with van der Waals surface area (Å²) in [5, 5.41) is 0.592. The normalized spacial score (nSPS) is 18.4. The van der Waals surface area contributed by atoms with Crippen LogP contribution in [0.4, 0.5) is 0 Å². The predicted octanol–water partition coefficient (Wildman–Crippen LogP) is 2.28. The van der Waals surface area contributed by atoms with Gasteiger partial charge in [-0.3, -0.25) is 4.90 Å². The third kappa shape index (κ3) is 2.87. The van der Waals surface area contributed by atoms with Gasteiger partial charge >= 0.3 is 0 Å². The molecule has 0 unspecified atom stereocenters. The number of hydrogen-bond acceptors (Lipinski definition) is 3. The fourth-order valence-electron chi connectivity index (χ4n) is 1.56. The summed E-state index contributed by atoms with van der Waals surface area (Å²) in [5.41, 5.74) is 1.26. The topological polar surface area (TPSA) is 16.1 Å². The van der Waals surface area contributed by atoms with Gasteiger partial charge in [0.05, 0.1) is 0 Å². The summed E-state index contributed by atoms with van der Waals surface area (Å²) in [6.45, 7) is 3.37. The van der Waals surface area contributed by atoms with Crippen LogP contribution in [-0.4, -0.2) is 34.5 Å². The molecule has 0 amide bonds. The van der Waals surface area contributed by atoms with E-state index in [0.717, 1.165) is 6.54 Å². The first-order valence-electron chi connectivity index (χ1n) is 4.75. The minimum Gasteiger partial charge on any atom is -0.297 e. The Labute approximate surface area is 93.7 Å². The summed E-state index contributed by atoms with van der Waals surface area (Å²) in [5.74, 6) is 2.50. The van der Waals surface area contributed by atoms with E-state index in [2.05, 4.69) is 9.88 Å². The van der Waals surface area contributed by atoms with Gasteiger partial charge in [-0.05, 0) is 17.7 Å². The molecule has 1 aromatic rings. The highest BCUT2D eigenvalue weighted by Crippen LogP contribution is 2.14. The minimum atomic E-state index is 0.592. The van der Waals surface area contributed by atoms with Crippen LogP contribution in [0.25, 0.3) is 0 Å². The maximum absolute atomic E-state index is 5.83. The molecule has 0 radical (unpaired) electrons. The first kappa shape index (κ1) is 10.3. The van der Waals surface area contributed by atoms with E-state index in [4.69, 9.17) is 11.6 Å². The van der Waals surface area contributed by atoms with Crippen molar-refractivity contribution in [3.63, 3.8) is 0 Å². The van der Waals surface area contributed by atoms with Crippen LogP contribution in [-0.2, 0) is 6.54 Å². The molecule has 0 aliphatic carbocycles. The monoisotopic (exact) mass is 228 g/mol. The quantitative estimate of drug-likeness (QED) is 0.723. The van der Waals surface area contributed by atoms with Crippen LogP contribution in [0.3, 0.4) is 0 Å². The second-order valence-corrected chi connectivity index (χ2v) is 4.99.